The molecule has 11 aromatic rings. The zero-order valence-corrected chi connectivity index (χ0v) is 36.9. The van der Waals surface area contributed by atoms with Crippen molar-refractivity contribution in [1.29, 1.82) is 0 Å². The first-order chi connectivity index (χ1) is 33.3. The molecule has 0 bridgehead atoms. The lowest BCUT2D eigenvalue weighted by Gasteiger charge is -2.35. The average molecular weight is 856 g/mol. The van der Waals surface area contributed by atoms with Crippen LogP contribution in [0.4, 0.5) is 34.3 Å². The van der Waals surface area contributed by atoms with E-state index in [1.807, 2.05) is 0 Å². The highest BCUT2D eigenvalue weighted by molar-refractivity contribution is 6.06. The molecule has 0 saturated heterocycles. The molecule has 316 valence electrons. The van der Waals surface area contributed by atoms with Crippen LogP contribution in [-0.4, -0.2) is 4.57 Å². The number of fused-ring (bicyclic) bond motifs is 7. The predicted octanol–water partition coefficient (Wildman–Crippen LogP) is 16.5. The largest absolute Gasteiger partial charge is 0.310 e. The lowest BCUT2D eigenvalue weighted by atomic mass is 9.67. The second-order valence-corrected chi connectivity index (χ2v) is 17.6. The summed E-state index contributed by atoms with van der Waals surface area (Å²) in [6, 6.07) is 95.7. The van der Waals surface area contributed by atoms with Gasteiger partial charge in [0.25, 0.3) is 0 Å². The lowest BCUT2D eigenvalue weighted by Crippen LogP contribution is -2.28. The van der Waals surface area contributed by atoms with E-state index in [0.717, 1.165) is 34.9 Å². The maximum Gasteiger partial charge on any atom is 0.127 e. The average Bonchev–Trinajstić information content (AvgIpc) is 3.90. The minimum Gasteiger partial charge on any atom is -0.310 e. The van der Waals surface area contributed by atoms with Crippen LogP contribution in [0.2, 0.25) is 0 Å². The number of para-hydroxylation sites is 4. The van der Waals surface area contributed by atoms with Gasteiger partial charge in [-0.2, -0.15) is 0 Å². The van der Waals surface area contributed by atoms with Gasteiger partial charge >= 0.3 is 0 Å². The normalized spacial score (nSPS) is 13.1. The molecule has 1 aliphatic heterocycles. The third-order valence-electron chi connectivity index (χ3n) is 14.0. The van der Waals surface area contributed by atoms with Crippen molar-refractivity contribution in [2.24, 2.45) is 0 Å². The summed E-state index contributed by atoms with van der Waals surface area (Å²) in [7, 11) is 0. The third kappa shape index (κ3) is 6.05. The van der Waals surface area contributed by atoms with Crippen molar-refractivity contribution >= 4 is 45.2 Å². The molecule has 0 unspecified atom stereocenters. The van der Waals surface area contributed by atoms with E-state index in [9.17, 15) is 0 Å². The van der Waals surface area contributed by atoms with Crippen LogP contribution in [0.25, 0.3) is 38.8 Å². The summed E-state index contributed by atoms with van der Waals surface area (Å²) >= 11 is 0. The van der Waals surface area contributed by atoms with Gasteiger partial charge in [0.1, 0.15) is 5.82 Å². The SMILES string of the molecule is c1ccc(N(c2cccc(-c3cccc4c3c3c(n4-c4ccccc4)N(c4ccccc4)c4ccccc4C3)c2)c2ccc3c(c2)C(c2ccccc2)(c2ccccc2)c2ccccc2-3)cc1. The summed E-state index contributed by atoms with van der Waals surface area (Å²) in [6.07, 6.45) is 0.820. The number of rotatable bonds is 8. The highest BCUT2D eigenvalue weighted by atomic mass is 15.3. The van der Waals surface area contributed by atoms with Crippen molar-refractivity contribution in [1.82, 2.24) is 4.57 Å². The van der Waals surface area contributed by atoms with Gasteiger partial charge in [0.15, 0.2) is 0 Å². The van der Waals surface area contributed by atoms with Crippen LogP contribution in [0.5, 0.6) is 0 Å². The molecule has 1 aromatic heterocycles. The van der Waals surface area contributed by atoms with Gasteiger partial charge in [0, 0.05) is 45.8 Å². The molecule has 0 amide bonds. The number of hydrogen-bond donors (Lipinski definition) is 0. The third-order valence-corrected chi connectivity index (χ3v) is 14.0. The Hall–Kier alpha value is -8.66. The Balaban J connectivity index is 1.03. The van der Waals surface area contributed by atoms with E-state index in [-0.39, 0.29) is 0 Å². The molecular weight excluding hydrogens is 811 g/mol. The molecule has 2 heterocycles. The van der Waals surface area contributed by atoms with E-state index in [1.165, 1.54) is 78.0 Å². The Morgan fingerprint density at radius 3 is 1.67 bits per heavy atom. The van der Waals surface area contributed by atoms with Crippen LogP contribution >= 0.6 is 0 Å². The highest BCUT2D eigenvalue weighted by Gasteiger charge is 2.46. The topological polar surface area (TPSA) is 11.4 Å². The number of aromatic nitrogens is 1. The summed E-state index contributed by atoms with van der Waals surface area (Å²) in [5.74, 6) is 1.18. The molecule has 0 saturated carbocycles. The summed E-state index contributed by atoms with van der Waals surface area (Å²) in [6.45, 7) is 0. The minimum absolute atomic E-state index is 0.512. The smallest absolute Gasteiger partial charge is 0.127 e. The molecule has 10 aromatic carbocycles. The zero-order chi connectivity index (χ0) is 44.3. The Bertz CT molecular complexity index is 3560. The van der Waals surface area contributed by atoms with Gasteiger partial charge in [-0.05, 0) is 123 Å². The van der Waals surface area contributed by atoms with Crippen molar-refractivity contribution in [2.75, 3.05) is 9.80 Å². The van der Waals surface area contributed by atoms with E-state index >= 15 is 0 Å². The highest BCUT2D eigenvalue weighted by Crippen LogP contribution is 2.58. The second kappa shape index (κ2) is 15.8. The first-order valence-electron chi connectivity index (χ1n) is 23.2. The van der Waals surface area contributed by atoms with Crippen LogP contribution < -0.4 is 9.80 Å². The van der Waals surface area contributed by atoms with Gasteiger partial charge in [-0.15, -0.1) is 0 Å². The van der Waals surface area contributed by atoms with E-state index in [4.69, 9.17) is 0 Å². The molecule has 0 radical (unpaired) electrons. The van der Waals surface area contributed by atoms with Crippen molar-refractivity contribution in [3.05, 3.63) is 294 Å². The molecule has 2 aliphatic rings. The van der Waals surface area contributed by atoms with Crippen LogP contribution in [0.15, 0.2) is 261 Å². The summed E-state index contributed by atoms with van der Waals surface area (Å²) in [5.41, 5.74) is 20.1. The zero-order valence-electron chi connectivity index (χ0n) is 36.9. The van der Waals surface area contributed by atoms with Gasteiger partial charge in [0.2, 0.25) is 0 Å². The molecule has 1 aliphatic carbocycles. The Labute approximate surface area is 391 Å². The molecule has 0 atom stereocenters. The fourth-order valence-electron chi connectivity index (χ4n) is 11.3. The Kier molecular flexibility index (Phi) is 9.14. The van der Waals surface area contributed by atoms with Gasteiger partial charge < -0.3 is 4.90 Å². The van der Waals surface area contributed by atoms with Crippen molar-refractivity contribution < 1.29 is 0 Å². The molecule has 0 spiro atoms. The van der Waals surface area contributed by atoms with Crippen LogP contribution in [0.3, 0.4) is 0 Å². The van der Waals surface area contributed by atoms with Crippen LogP contribution in [0.1, 0.15) is 33.4 Å². The quantitative estimate of drug-likeness (QED) is 0.151. The molecule has 13 rings (SSSR count). The molecule has 67 heavy (non-hydrogen) atoms. The molecular formula is C64H45N3. The van der Waals surface area contributed by atoms with Crippen molar-refractivity contribution in [2.45, 2.75) is 11.8 Å². The number of anilines is 6. The molecule has 3 nitrogen and oxygen atoms in total. The number of hydrogen-bond acceptors (Lipinski definition) is 2. The lowest BCUT2D eigenvalue weighted by molar-refractivity contribution is 0.768. The van der Waals surface area contributed by atoms with Gasteiger partial charge in [-0.3, -0.25) is 9.47 Å². The molecule has 0 fully saturated rings. The van der Waals surface area contributed by atoms with E-state index in [0.29, 0.717) is 0 Å². The van der Waals surface area contributed by atoms with E-state index < -0.39 is 5.41 Å². The van der Waals surface area contributed by atoms with Gasteiger partial charge in [-0.1, -0.05) is 188 Å². The monoisotopic (exact) mass is 855 g/mol. The minimum atomic E-state index is -0.512. The molecule has 3 heteroatoms. The Morgan fingerprint density at radius 1 is 0.388 bits per heavy atom. The summed E-state index contributed by atoms with van der Waals surface area (Å²) < 4.78 is 2.48. The maximum absolute atomic E-state index is 2.48. The predicted molar refractivity (Wildman–Crippen MR) is 278 cm³/mol. The number of nitrogens with zero attached hydrogens (tertiary/aromatic N) is 3. The van der Waals surface area contributed by atoms with E-state index in [1.54, 1.807) is 0 Å². The van der Waals surface area contributed by atoms with Crippen molar-refractivity contribution in [3.8, 4) is 27.9 Å². The molecule has 0 N–H and O–H groups in total. The number of benzene rings is 10. The van der Waals surface area contributed by atoms with Crippen molar-refractivity contribution in [3.63, 3.8) is 0 Å². The summed E-state index contributed by atoms with van der Waals surface area (Å²) in [4.78, 5) is 4.90. The van der Waals surface area contributed by atoms with Crippen LogP contribution in [0, 0.1) is 0 Å². The second-order valence-electron chi connectivity index (χ2n) is 17.6. The standard InChI is InChI=1S/C64H45N3/c1-6-24-47(25-7-1)64(48-26-8-2-9-27-48)58-37-18-17-35-55(58)56-41-40-53(44-59(56)64)65(49-28-10-3-11-29-49)52-34-20-23-45(42-52)54-36-21-39-61-62(54)57-43-46-22-16-19-38-60(46)66(50-30-12-4-13-31-50)63(57)67(61)51-32-14-5-15-33-51/h1-42,44H,43H2. The maximum atomic E-state index is 2.48. The summed E-state index contributed by atoms with van der Waals surface area (Å²) in [5, 5.41) is 1.27. The Morgan fingerprint density at radius 2 is 0.940 bits per heavy atom. The fourth-order valence-corrected chi connectivity index (χ4v) is 11.3. The first kappa shape index (κ1) is 38.8. The van der Waals surface area contributed by atoms with Gasteiger partial charge in [-0.25, -0.2) is 0 Å². The van der Waals surface area contributed by atoms with Crippen LogP contribution in [-0.2, 0) is 11.8 Å². The van der Waals surface area contributed by atoms with E-state index in [2.05, 4.69) is 275 Å². The first-order valence-corrected chi connectivity index (χ1v) is 23.2. The fraction of sp³-hybridized carbons (Fsp3) is 0.0312. The van der Waals surface area contributed by atoms with Gasteiger partial charge in [0.05, 0.1) is 16.6 Å².